The van der Waals surface area contributed by atoms with Crippen molar-refractivity contribution < 1.29 is 22.6 Å². The molecule has 0 aliphatic heterocycles. The first-order chi connectivity index (χ1) is 8.31. The highest BCUT2D eigenvalue weighted by Gasteiger charge is 2.31. The lowest BCUT2D eigenvalue weighted by Gasteiger charge is -2.15. The molecule has 0 heterocycles. The Kier molecular flexibility index (Phi) is 4.84. The van der Waals surface area contributed by atoms with Gasteiger partial charge in [-0.05, 0) is 25.1 Å². The maximum atomic E-state index is 12.1. The van der Waals surface area contributed by atoms with Gasteiger partial charge in [-0.3, -0.25) is 0 Å². The number of benzene rings is 1. The molecule has 2 N–H and O–H groups in total. The van der Waals surface area contributed by atoms with Crippen molar-refractivity contribution in [3.05, 3.63) is 23.8 Å². The summed E-state index contributed by atoms with van der Waals surface area (Å²) < 4.78 is 45.4. The molecule has 0 spiro atoms. The highest BCUT2D eigenvalue weighted by atomic mass is 19.4. The second-order valence-corrected chi connectivity index (χ2v) is 4.13. The van der Waals surface area contributed by atoms with Crippen LogP contribution in [0.5, 0.6) is 11.5 Å². The molecule has 1 unspecified atom stereocenters. The molecule has 0 aliphatic rings. The van der Waals surface area contributed by atoms with Gasteiger partial charge < -0.3 is 15.2 Å². The van der Waals surface area contributed by atoms with Crippen LogP contribution in [-0.2, 0) is 0 Å². The quantitative estimate of drug-likeness (QED) is 0.888. The molecule has 102 valence electrons. The van der Waals surface area contributed by atoms with E-state index in [-0.39, 0.29) is 11.7 Å². The maximum absolute atomic E-state index is 12.1. The summed E-state index contributed by atoms with van der Waals surface area (Å²) in [6.07, 6.45) is -4.70. The standard InChI is InChI=1S/C12H16F3NO2/c1-8(6-16)7-17-11-5-10(4-3-9(11)2)18-12(13,14)15/h3-5,8H,6-7,16H2,1-2H3. The minimum absolute atomic E-state index is 0.136. The summed E-state index contributed by atoms with van der Waals surface area (Å²) in [5, 5.41) is 0. The van der Waals surface area contributed by atoms with Crippen molar-refractivity contribution in [3.8, 4) is 11.5 Å². The number of alkyl halides is 3. The van der Waals surface area contributed by atoms with Crippen LogP contribution in [0.1, 0.15) is 12.5 Å². The molecule has 0 fully saturated rings. The topological polar surface area (TPSA) is 44.5 Å². The van der Waals surface area contributed by atoms with Gasteiger partial charge in [0.05, 0.1) is 6.61 Å². The third-order valence-electron chi connectivity index (χ3n) is 2.32. The van der Waals surface area contributed by atoms with Crippen LogP contribution in [0.2, 0.25) is 0 Å². The van der Waals surface area contributed by atoms with E-state index in [0.29, 0.717) is 18.9 Å². The molecular formula is C12H16F3NO2. The molecular weight excluding hydrogens is 247 g/mol. The van der Waals surface area contributed by atoms with Crippen LogP contribution in [0, 0.1) is 12.8 Å². The van der Waals surface area contributed by atoms with E-state index in [1.807, 2.05) is 6.92 Å². The summed E-state index contributed by atoms with van der Waals surface area (Å²) in [7, 11) is 0. The summed E-state index contributed by atoms with van der Waals surface area (Å²) in [6.45, 7) is 4.45. The van der Waals surface area contributed by atoms with E-state index >= 15 is 0 Å². The number of ether oxygens (including phenoxy) is 2. The van der Waals surface area contributed by atoms with Gasteiger partial charge >= 0.3 is 6.36 Å². The first-order valence-electron chi connectivity index (χ1n) is 5.51. The van der Waals surface area contributed by atoms with E-state index < -0.39 is 6.36 Å². The van der Waals surface area contributed by atoms with Gasteiger partial charge in [-0.15, -0.1) is 13.2 Å². The lowest BCUT2D eigenvalue weighted by Crippen LogP contribution is -2.19. The smallest absolute Gasteiger partial charge is 0.493 e. The van der Waals surface area contributed by atoms with Gasteiger partial charge in [0, 0.05) is 12.0 Å². The fraction of sp³-hybridized carbons (Fsp3) is 0.500. The number of hydrogen-bond donors (Lipinski definition) is 1. The SMILES string of the molecule is Cc1ccc(OC(F)(F)F)cc1OCC(C)CN. The Morgan fingerprint density at radius 2 is 2.00 bits per heavy atom. The van der Waals surface area contributed by atoms with Crippen LogP contribution in [-0.4, -0.2) is 19.5 Å². The third kappa shape index (κ3) is 4.83. The molecule has 0 bridgehead atoms. The van der Waals surface area contributed by atoms with Crippen molar-refractivity contribution in [1.82, 2.24) is 0 Å². The van der Waals surface area contributed by atoms with Gasteiger partial charge in [0.2, 0.25) is 0 Å². The molecule has 1 aromatic carbocycles. The van der Waals surface area contributed by atoms with Crippen LogP contribution < -0.4 is 15.2 Å². The molecule has 0 amide bonds. The van der Waals surface area contributed by atoms with E-state index in [1.54, 1.807) is 6.92 Å². The minimum atomic E-state index is -4.70. The van der Waals surface area contributed by atoms with Crippen molar-refractivity contribution in [2.24, 2.45) is 11.7 Å². The fourth-order valence-electron chi connectivity index (χ4n) is 1.23. The molecule has 1 atom stereocenters. The van der Waals surface area contributed by atoms with E-state index in [0.717, 1.165) is 5.56 Å². The van der Waals surface area contributed by atoms with E-state index in [1.165, 1.54) is 18.2 Å². The van der Waals surface area contributed by atoms with Crippen LogP contribution >= 0.6 is 0 Å². The Labute approximate surface area is 104 Å². The number of hydrogen-bond acceptors (Lipinski definition) is 3. The Morgan fingerprint density at radius 1 is 1.33 bits per heavy atom. The summed E-state index contributed by atoms with van der Waals surface area (Å²) in [5.41, 5.74) is 6.18. The molecule has 1 aromatic rings. The molecule has 18 heavy (non-hydrogen) atoms. The molecule has 0 radical (unpaired) electrons. The Balaban J connectivity index is 2.75. The molecule has 0 saturated carbocycles. The van der Waals surface area contributed by atoms with Crippen molar-refractivity contribution in [3.63, 3.8) is 0 Å². The van der Waals surface area contributed by atoms with E-state index in [4.69, 9.17) is 10.5 Å². The van der Waals surface area contributed by atoms with Gasteiger partial charge in [0.15, 0.2) is 0 Å². The normalized spacial score (nSPS) is 13.2. The molecule has 0 aromatic heterocycles. The number of halogens is 3. The summed E-state index contributed by atoms with van der Waals surface area (Å²) in [5.74, 6) is 0.220. The largest absolute Gasteiger partial charge is 0.573 e. The average Bonchev–Trinajstić information content (AvgIpc) is 2.27. The van der Waals surface area contributed by atoms with E-state index in [2.05, 4.69) is 4.74 Å². The van der Waals surface area contributed by atoms with Gasteiger partial charge in [0.1, 0.15) is 11.5 Å². The van der Waals surface area contributed by atoms with Crippen LogP contribution in [0.15, 0.2) is 18.2 Å². The summed E-state index contributed by atoms with van der Waals surface area (Å²) in [4.78, 5) is 0. The number of rotatable bonds is 5. The average molecular weight is 263 g/mol. The predicted molar refractivity (Wildman–Crippen MR) is 61.6 cm³/mol. The Hall–Kier alpha value is -1.43. The van der Waals surface area contributed by atoms with Crippen molar-refractivity contribution in [2.45, 2.75) is 20.2 Å². The van der Waals surface area contributed by atoms with Crippen molar-refractivity contribution in [2.75, 3.05) is 13.2 Å². The fourth-order valence-corrected chi connectivity index (χ4v) is 1.23. The monoisotopic (exact) mass is 263 g/mol. The lowest BCUT2D eigenvalue weighted by atomic mass is 10.2. The Morgan fingerprint density at radius 3 is 2.56 bits per heavy atom. The van der Waals surface area contributed by atoms with E-state index in [9.17, 15) is 13.2 Å². The zero-order valence-corrected chi connectivity index (χ0v) is 10.3. The minimum Gasteiger partial charge on any atom is -0.493 e. The maximum Gasteiger partial charge on any atom is 0.573 e. The van der Waals surface area contributed by atoms with Crippen molar-refractivity contribution >= 4 is 0 Å². The molecule has 6 heteroatoms. The van der Waals surface area contributed by atoms with Gasteiger partial charge in [-0.2, -0.15) is 0 Å². The van der Waals surface area contributed by atoms with Crippen molar-refractivity contribution in [1.29, 1.82) is 0 Å². The highest BCUT2D eigenvalue weighted by molar-refractivity contribution is 5.39. The predicted octanol–water partition coefficient (Wildman–Crippen LogP) is 2.87. The first-order valence-corrected chi connectivity index (χ1v) is 5.51. The van der Waals surface area contributed by atoms with Crippen LogP contribution in [0.25, 0.3) is 0 Å². The van der Waals surface area contributed by atoms with Gasteiger partial charge in [-0.1, -0.05) is 13.0 Å². The Bertz CT molecular complexity index is 393. The van der Waals surface area contributed by atoms with Gasteiger partial charge in [-0.25, -0.2) is 0 Å². The summed E-state index contributed by atoms with van der Waals surface area (Å²) >= 11 is 0. The zero-order chi connectivity index (χ0) is 13.8. The van der Waals surface area contributed by atoms with Gasteiger partial charge in [0.25, 0.3) is 0 Å². The second-order valence-electron chi connectivity index (χ2n) is 4.13. The molecule has 1 rings (SSSR count). The number of nitrogens with two attached hydrogens (primary N) is 1. The second kappa shape index (κ2) is 5.95. The number of aryl methyl sites for hydroxylation is 1. The third-order valence-corrected chi connectivity index (χ3v) is 2.32. The van der Waals surface area contributed by atoms with Crippen LogP contribution in [0.4, 0.5) is 13.2 Å². The first kappa shape index (κ1) is 14.6. The molecule has 3 nitrogen and oxygen atoms in total. The molecule has 0 aliphatic carbocycles. The highest BCUT2D eigenvalue weighted by Crippen LogP contribution is 2.28. The summed E-state index contributed by atoms with van der Waals surface area (Å²) in [6, 6.07) is 4.00. The zero-order valence-electron chi connectivity index (χ0n) is 10.3. The molecule has 0 saturated heterocycles. The van der Waals surface area contributed by atoms with Crippen LogP contribution in [0.3, 0.4) is 0 Å². The lowest BCUT2D eigenvalue weighted by molar-refractivity contribution is -0.274.